The summed E-state index contributed by atoms with van der Waals surface area (Å²) in [5.41, 5.74) is 11.5. The maximum absolute atomic E-state index is 5.34. The van der Waals surface area contributed by atoms with E-state index in [1.165, 1.54) is 5.56 Å². The highest BCUT2D eigenvalue weighted by atomic mass is 15.2. The number of fused-ring (bicyclic) bond motifs is 3. The standard InChI is InChI=1S/C51H35N5/c1-5-19-36(20-6-1)43-32-18-34-47-48(43)45-31-15-16-33-46(45)56(47)51-53-49(37-21-7-2-8-22-37)52-50(54-51)44-30-14-13-29-42(44)38-23-17-28-41(35-38)55(39-24-9-3-10-25-39)40-26-11-4-12-27-40/h1-35H. The van der Waals surface area contributed by atoms with Gasteiger partial charge in [-0.1, -0.05) is 164 Å². The van der Waals surface area contributed by atoms with Crippen molar-refractivity contribution in [3.05, 3.63) is 212 Å². The Kier molecular flexibility index (Phi) is 8.43. The molecule has 0 saturated heterocycles. The van der Waals surface area contributed by atoms with Gasteiger partial charge in [0.15, 0.2) is 11.6 Å². The summed E-state index contributed by atoms with van der Waals surface area (Å²) < 4.78 is 2.19. The minimum Gasteiger partial charge on any atom is -0.310 e. The first-order valence-electron chi connectivity index (χ1n) is 18.8. The van der Waals surface area contributed by atoms with E-state index < -0.39 is 0 Å². The molecule has 0 radical (unpaired) electrons. The molecule has 8 aromatic carbocycles. The molecule has 0 fully saturated rings. The van der Waals surface area contributed by atoms with Crippen LogP contribution >= 0.6 is 0 Å². The molecule has 2 heterocycles. The van der Waals surface area contributed by atoms with Gasteiger partial charge in [-0.25, -0.2) is 4.98 Å². The summed E-state index contributed by atoms with van der Waals surface area (Å²) in [6.07, 6.45) is 0. The Morgan fingerprint density at radius 1 is 0.339 bits per heavy atom. The largest absolute Gasteiger partial charge is 0.310 e. The van der Waals surface area contributed by atoms with Crippen LogP contribution in [0.15, 0.2) is 212 Å². The molecule has 0 atom stereocenters. The minimum atomic E-state index is 0.563. The highest BCUT2D eigenvalue weighted by molar-refractivity contribution is 6.15. The number of para-hydroxylation sites is 3. The smallest absolute Gasteiger partial charge is 0.238 e. The predicted molar refractivity (Wildman–Crippen MR) is 231 cm³/mol. The monoisotopic (exact) mass is 717 g/mol. The molecule has 0 bridgehead atoms. The number of nitrogens with zero attached hydrogens (tertiary/aromatic N) is 5. The second-order valence-corrected chi connectivity index (χ2v) is 13.7. The van der Waals surface area contributed by atoms with Crippen molar-refractivity contribution in [3.8, 4) is 51.0 Å². The summed E-state index contributed by atoms with van der Waals surface area (Å²) in [7, 11) is 0. The molecule has 0 spiro atoms. The zero-order chi connectivity index (χ0) is 37.3. The van der Waals surface area contributed by atoms with Crippen LogP contribution < -0.4 is 4.90 Å². The summed E-state index contributed by atoms with van der Waals surface area (Å²) in [5.74, 6) is 1.77. The molecule has 264 valence electrons. The van der Waals surface area contributed by atoms with E-state index in [2.05, 4.69) is 191 Å². The number of hydrogen-bond acceptors (Lipinski definition) is 4. The van der Waals surface area contributed by atoms with Gasteiger partial charge in [-0.15, -0.1) is 0 Å². The van der Waals surface area contributed by atoms with Gasteiger partial charge < -0.3 is 4.90 Å². The fourth-order valence-corrected chi connectivity index (χ4v) is 7.74. The molecule has 2 aromatic heterocycles. The highest BCUT2D eigenvalue weighted by Crippen LogP contribution is 2.40. The first-order valence-corrected chi connectivity index (χ1v) is 18.8. The lowest BCUT2D eigenvalue weighted by molar-refractivity contribution is 0.953. The molecule has 10 rings (SSSR count). The van der Waals surface area contributed by atoms with Crippen LogP contribution in [0.5, 0.6) is 0 Å². The minimum absolute atomic E-state index is 0.563. The topological polar surface area (TPSA) is 46.8 Å². The van der Waals surface area contributed by atoms with Gasteiger partial charge in [0, 0.05) is 39.0 Å². The lowest BCUT2D eigenvalue weighted by Gasteiger charge is -2.26. The van der Waals surface area contributed by atoms with E-state index in [4.69, 9.17) is 15.0 Å². The molecule has 5 nitrogen and oxygen atoms in total. The van der Waals surface area contributed by atoms with Crippen LogP contribution in [-0.4, -0.2) is 19.5 Å². The molecule has 0 aliphatic heterocycles. The molecule has 0 aliphatic carbocycles. The lowest BCUT2D eigenvalue weighted by atomic mass is 9.98. The quantitative estimate of drug-likeness (QED) is 0.157. The van der Waals surface area contributed by atoms with Crippen molar-refractivity contribution in [1.82, 2.24) is 19.5 Å². The summed E-state index contributed by atoms with van der Waals surface area (Å²) in [4.78, 5) is 18.0. The highest BCUT2D eigenvalue weighted by Gasteiger charge is 2.21. The van der Waals surface area contributed by atoms with Crippen molar-refractivity contribution in [2.24, 2.45) is 0 Å². The van der Waals surface area contributed by atoms with Gasteiger partial charge in [0.05, 0.1) is 11.0 Å². The number of anilines is 3. The first kappa shape index (κ1) is 33.0. The van der Waals surface area contributed by atoms with E-state index in [1.807, 2.05) is 30.3 Å². The molecule has 5 heteroatoms. The SMILES string of the molecule is c1ccc(-c2nc(-c3ccccc3-c3cccc(N(c4ccccc4)c4ccccc4)c3)nc(-n3c4ccccc4c4c(-c5ccccc5)cccc43)n2)cc1. The normalized spacial score (nSPS) is 11.2. The van der Waals surface area contributed by atoms with Gasteiger partial charge in [-0.3, -0.25) is 4.57 Å². The van der Waals surface area contributed by atoms with E-state index in [9.17, 15) is 0 Å². The maximum atomic E-state index is 5.34. The van der Waals surface area contributed by atoms with Gasteiger partial charge in [0.25, 0.3) is 0 Å². The number of hydrogen-bond donors (Lipinski definition) is 0. The van der Waals surface area contributed by atoms with E-state index >= 15 is 0 Å². The Balaban J connectivity index is 1.18. The molecular formula is C51H35N5. The third-order valence-electron chi connectivity index (χ3n) is 10.3. The average Bonchev–Trinajstić information content (AvgIpc) is 3.62. The lowest BCUT2D eigenvalue weighted by Crippen LogP contribution is -2.09. The summed E-state index contributed by atoms with van der Waals surface area (Å²) in [6, 6.07) is 73.8. The Morgan fingerprint density at radius 2 is 0.839 bits per heavy atom. The zero-order valence-electron chi connectivity index (χ0n) is 30.4. The number of benzene rings is 8. The second kappa shape index (κ2) is 14.3. The van der Waals surface area contributed by atoms with Gasteiger partial charge in [0.2, 0.25) is 5.95 Å². The van der Waals surface area contributed by atoms with Crippen molar-refractivity contribution in [2.75, 3.05) is 4.90 Å². The Bertz CT molecular complexity index is 2920. The van der Waals surface area contributed by atoms with Gasteiger partial charge in [-0.2, -0.15) is 9.97 Å². The van der Waals surface area contributed by atoms with E-state index in [-0.39, 0.29) is 0 Å². The Hall–Kier alpha value is -7.63. The maximum Gasteiger partial charge on any atom is 0.238 e. The molecule has 0 saturated carbocycles. The Morgan fingerprint density at radius 3 is 1.55 bits per heavy atom. The molecule has 56 heavy (non-hydrogen) atoms. The van der Waals surface area contributed by atoms with Crippen molar-refractivity contribution in [2.45, 2.75) is 0 Å². The van der Waals surface area contributed by atoms with E-state index in [0.717, 1.165) is 66.7 Å². The van der Waals surface area contributed by atoms with Crippen LogP contribution in [-0.2, 0) is 0 Å². The Labute approximate surface area is 325 Å². The molecule has 0 unspecified atom stereocenters. The van der Waals surface area contributed by atoms with Gasteiger partial charge >= 0.3 is 0 Å². The van der Waals surface area contributed by atoms with Gasteiger partial charge in [0.1, 0.15) is 0 Å². The second-order valence-electron chi connectivity index (χ2n) is 13.7. The molecular weight excluding hydrogens is 683 g/mol. The zero-order valence-corrected chi connectivity index (χ0v) is 30.4. The van der Waals surface area contributed by atoms with Crippen LogP contribution in [0, 0.1) is 0 Å². The van der Waals surface area contributed by atoms with Crippen LogP contribution in [0.4, 0.5) is 17.1 Å². The summed E-state index contributed by atoms with van der Waals surface area (Å²) in [5, 5.41) is 2.31. The molecule has 0 aliphatic rings. The van der Waals surface area contributed by atoms with Crippen LogP contribution in [0.3, 0.4) is 0 Å². The van der Waals surface area contributed by atoms with Crippen molar-refractivity contribution in [3.63, 3.8) is 0 Å². The fraction of sp³-hybridized carbons (Fsp3) is 0. The average molecular weight is 718 g/mol. The van der Waals surface area contributed by atoms with E-state index in [0.29, 0.717) is 17.6 Å². The van der Waals surface area contributed by atoms with Crippen molar-refractivity contribution >= 4 is 38.9 Å². The molecule has 0 N–H and O–H groups in total. The first-order chi connectivity index (χ1) is 27.8. The third-order valence-corrected chi connectivity index (χ3v) is 10.3. The van der Waals surface area contributed by atoms with Crippen molar-refractivity contribution < 1.29 is 0 Å². The fourth-order valence-electron chi connectivity index (χ4n) is 7.74. The molecule has 0 amide bonds. The van der Waals surface area contributed by atoms with Crippen LogP contribution in [0.25, 0.3) is 72.8 Å². The number of rotatable bonds is 8. The molecule has 10 aromatic rings. The van der Waals surface area contributed by atoms with E-state index in [1.54, 1.807) is 0 Å². The van der Waals surface area contributed by atoms with Gasteiger partial charge in [-0.05, 0) is 70.8 Å². The third kappa shape index (κ3) is 5.98. The number of aromatic nitrogens is 4. The van der Waals surface area contributed by atoms with Crippen molar-refractivity contribution in [1.29, 1.82) is 0 Å². The van der Waals surface area contributed by atoms with Crippen LogP contribution in [0.1, 0.15) is 0 Å². The summed E-state index contributed by atoms with van der Waals surface area (Å²) >= 11 is 0. The summed E-state index contributed by atoms with van der Waals surface area (Å²) in [6.45, 7) is 0. The predicted octanol–water partition coefficient (Wildman–Crippen LogP) is 13.1. The van der Waals surface area contributed by atoms with Crippen LogP contribution in [0.2, 0.25) is 0 Å².